The first-order chi connectivity index (χ1) is 8.02. The summed E-state index contributed by atoms with van der Waals surface area (Å²) in [5.74, 6) is 0.0404. The number of nitrogens with two attached hydrogens (primary N) is 1. The molecule has 0 saturated heterocycles. The minimum Gasteiger partial charge on any atom is -0.399 e. The molecule has 3 N–H and O–H groups in total. The third kappa shape index (κ3) is 4.34. The molecule has 0 aliphatic heterocycles. The van der Waals surface area contributed by atoms with Crippen LogP contribution in [0.4, 0.5) is 11.4 Å². The number of hydrogen-bond donors (Lipinski definition) is 2. The normalized spacial score (nSPS) is 10.4. The Kier molecular flexibility index (Phi) is 4.82. The maximum absolute atomic E-state index is 11.7. The van der Waals surface area contributed by atoms with Crippen molar-refractivity contribution in [2.75, 3.05) is 23.7 Å². The third-order valence-corrected chi connectivity index (χ3v) is 2.42. The SMILES string of the molecule is CCN(CC(=O)NC(C)C)c1ccc(N)cc1. The molecule has 4 nitrogen and oxygen atoms in total. The maximum atomic E-state index is 11.7. The van der Waals surface area contributed by atoms with Crippen LogP contribution in [-0.4, -0.2) is 25.0 Å². The second-order valence-electron chi connectivity index (χ2n) is 4.33. The van der Waals surface area contributed by atoms with Gasteiger partial charge in [0.25, 0.3) is 0 Å². The van der Waals surface area contributed by atoms with E-state index in [1.807, 2.05) is 49.9 Å². The van der Waals surface area contributed by atoms with E-state index in [2.05, 4.69) is 5.32 Å². The van der Waals surface area contributed by atoms with Crippen molar-refractivity contribution in [2.24, 2.45) is 0 Å². The van der Waals surface area contributed by atoms with Gasteiger partial charge in [-0.15, -0.1) is 0 Å². The van der Waals surface area contributed by atoms with Crippen molar-refractivity contribution in [1.29, 1.82) is 0 Å². The Morgan fingerprint density at radius 1 is 1.35 bits per heavy atom. The number of hydrogen-bond acceptors (Lipinski definition) is 3. The van der Waals surface area contributed by atoms with Gasteiger partial charge in [-0.2, -0.15) is 0 Å². The lowest BCUT2D eigenvalue weighted by atomic mass is 10.2. The molecule has 0 spiro atoms. The molecule has 0 aliphatic carbocycles. The second kappa shape index (κ2) is 6.13. The number of anilines is 2. The van der Waals surface area contributed by atoms with E-state index < -0.39 is 0 Å². The van der Waals surface area contributed by atoms with Crippen LogP contribution in [0, 0.1) is 0 Å². The van der Waals surface area contributed by atoms with Crippen LogP contribution in [-0.2, 0) is 4.79 Å². The van der Waals surface area contributed by atoms with Gasteiger partial charge in [-0.3, -0.25) is 4.79 Å². The van der Waals surface area contributed by atoms with Gasteiger partial charge in [-0.05, 0) is 45.0 Å². The molecule has 17 heavy (non-hydrogen) atoms. The average Bonchev–Trinajstić information content (AvgIpc) is 2.26. The molecule has 0 aromatic heterocycles. The molecule has 0 atom stereocenters. The van der Waals surface area contributed by atoms with E-state index in [0.29, 0.717) is 6.54 Å². The summed E-state index contributed by atoms with van der Waals surface area (Å²) in [6, 6.07) is 7.73. The van der Waals surface area contributed by atoms with Gasteiger partial charge >= 0.3 is 0 Å². The van der Waals surface area contributed by atoms with Gasteiger partial charge < -0.3 is 16.0 Å². The summed E-state index contributed by atoms with van der Waals surface area (Å²) < 4.78 is 0. The molecular weight excluding hydrogens is 214 g/mol. The first-order valence-corrected chi connectivity index (χ1v) is 5.92. The summed E-state index contributed by atoms with van der Waals surface area (Å²) in [6.07, 6.45) is 0. The standard InChI is InChI=1S/C13H21N3O/c1-4-16(9-13(17)15-10(2)3)12-7-5-11(14)6-8-12/h5-8,10H,4,9,14H2,1-3H3,(H,15,17). The van der Waals surface area contributed by atoms with Crippen molar-refractivity contribution in [3.63, 3.8) is 0 Å². The maximum Gasteiger partial charge on any atom is 0.239 e. The fraction of sp³-hybridized carbons (Fsp3) is 0.462. The molecule has 0 unspecified atom stereocenters. The van der Waals surface area contributed by atoms with E-state index >= 15 is 0 Å². The Morgan fingerprint density at radius 2 is 1.94 bits per heavy atom. The van der Waals surface area contributed by atoms with Crippen molar-refractivity contribution in [3.05, 3.63) is 24.3 Å². The largest absolute Gasteiger partial charge is 0.399 e. The Balaban J connectivity index is 2.65. The van der Waals surface area contributed by atoms with Gasteiger partial charge in [0.15, 0.2) is 0 Å². The highest BCUT2D eigenvalue weighted by Crippen LogP contribution is 2.15. The van der Waals surface area contributed by atoms with Gasteiger partial charge in [0, 0.05) is 24.0 Å². The second-order valence-corrected chi connectivity index (χ2v) is 4.33. The van der Waals surface area contributed by atoms with Crippen molar-refractivity contribution in [1.82, 2.24) is 5.32 Å². The first kappa shape index (κ1) is 13.4. The molecule has 0 bridgehead atoms. The van der Waals surface area contributed by atoms with Crippen LogP contribution in [0.25, 0.3) is 0 Å². The van der Waals surface area contributed by atoms with E-state index in [1.54, 1.807) is 0 Å². The summed E-state index contributed by atoms with van der Waals surface area (Å²) in [5, 5.41) is 2.88. The lowest BCUT2D eigenvalue weighted by Gasteiger charge is -2.23. The van der Waals surface area contributed by atoms with Gasteiger partial charge in [-0.25, -0.2) is 0 Å². The van der Waals surface area contributed by atoms with Crippen molar-refractivity contribution >= 4 is 17.3 Å². The number of benzene rings is 1. The van der Waals surface area contributed by atoms with E-state index in [4.69, 9.17) is 5.73 Å². The van der Waals surface area contributed by atoms with Gasteiger partial charge in [-0.1, -0.05) is 0 Å². The fourth-order valence-corrected chi connectivity index (χ4v) is 1.61. The molecule has 0 radical (unpaired) electrons. The highest BCUT2D eigenvalue weighted by molar-refractivity contribution is 5.81. The number of likely N-dealkylation sites (N-methyl/N-ethyl adjacent to an activating group) is 1. The van der Waals surface area contributed by atoms with Gasteiger partial charge in [0.05, 0.1) is 6.54 Å². The summed E-state index contributed by atoms with van der Waals surface area (Å²) in [6.45, 7) is 7.10. The molecule has 0 heterocycles. The molecule has 1 aromatic carbocycles. The summed E-state index contributed by atoms with van der Waals surface area (Å²) in [5.41, 5.74) is 7.38. The molecule has 4 heteroatoms. The van der Waals surface area contributed by atoms with Gasteiger partial charge in [0.1, 0.15) is 0 Å². The molecule has 1 aromatic rings. The van der Waals surface area contributed by atoms with Crippen LogP contribution in [0.5, 0.6) is 0 Å². The zero-order valence-corrected chi connectivity index (χ0v) is 10.7. The molecule has 94 valence electrons. The summed E-state index contributed by atoms with van der Waals surface area (Å²) in [7, 11) is 0. The number of carbonyl (C=O) groups excluding carboxylic acids is 1. The van der Waals surface area contributed by atoms with Crippen LogP contribution >= 0.6 is 0 Å². The predicted octanol–water partition coefficient (Wildman–Crippen LogP) is 1.62. The summed E-state index contributed by atoms with van der Waals surface area (Å²) >= 11 is 0. The molecule has 1 rings (SSSR count). The topological polar surface area (TPSA) is 58.4 Å². The van der Waals surface area contributed by atoms with E-state index in [1.165, 1.54) is 0 Å². The minimum atomic E-state index is 0.0404. The number of nitrogens with zero attached hydrogens (tertiary/aromatic N) is 1. The highest BCUT2D eigenvalue weighted by atomic mass is 16.2. The fourth-order valence-electron chi connectivity index (χ4n) is 1.61. The van der Waals surface area contributed by atoms with Crippen molar-refractivity contribution in [3.8, 4) is 0 Å². The Morgan fingerprint density at radius 3 is 2.41 bits per heavy atom. The summed E-state index contributed by atoms with van der Waals surface area (Å²) in [4.78, 5) is 13.7. The first-order valence-electron chi connectivity index (χ1n) is 5.92. The van der Waals surface area contributed by atoms with Crippen LogP contribution in [0.15, 0.2) is 24.3 Å². The Bertz CT molecular complexity index is 359. The number of carbonyl (C=O) groups is 1. The van der Waals surface area contributed by atoms with Crippen LogP contribution < -0.4 is 16.0 Å². The van der Waals surface area contributed by atoms with Crippen molar-refractivity contribution < 1.29 is 4.79 Å². The quantitative estimate of drug-likeness (QED) is 0.762. The predicted molar refractivity (Wildman–Crippen MR) is 72.0 cm³/mol. The van der Waals surface area contributed by atoms with Crippen LogP contribution in [0.2, 0.25) is 0 Å². The zero-order chi connectivity index (χ0) is 12.8. The van der Waals surface area contributed by atoms with E-state index in [9.17, 15) is 4.79 Å². The zero-order valence-electron chi connectivity index (χ0n) is 10.7. The number of amides is 1. The molecule has 1 amide bonds. The number of nitrogen functional groups attached to an aromatic ring is 1. The average molecular weight is 235 g/mol. The van der Waals surface area contributed by atoms with Crippen molar-refractivity contribution in [2.45, 2.75) is 26.8 Å². The Labute approximate surface area is 103 Å². The lowest BCUT2D eigenvalue weighted by molar-refractivity contribution is -0.120. The molecule has 0 aliphatic rings. The van der Waals surface area contributed by atoms with E-state index in [-0.39, 0.29) is 11.9 Å². The highest BCUT2D eigenvalue weighted by Gasteiger charge is 2.10. The molecular formula is C13H21N3O. The molecule has 0 fully saturated rings. The number of nitrogens with one attached hydrogen (secondary N) is 1. The number of rotatable bonds is 5. The van der Waals surface area contributed by atoms with Crippen LogP contribution in [0.3, 0.4) is 0 Å². The van der Waals surface area contributed by atoms with Gasteiger partial charge in [0.2, 0.25) is 5.91 Å². The third-order valence-electron chi connectivity index (χ3n) is 2.42. The molecule has 0 saturated carbocycles. The van der Waals surface area contributed by atoms with E-state index in [0.717, 1.165) is 17.9 Å². The Hall–Kier alpha value is -1.71. The smallest absolute Gasteiger partial charge is 0.239 e. The van der Waals surface area contributed by atoms with Crippen LogP contribution in [0.1, 0.15) is 20.8 Å². The lowest BCUT2D eigenvalue weighted by Crippen LogP contribution is -2.40. The minimum absolute atomic E-state index is 0.0404. The monoisotopic (exact) mass is 235 g/mol.